The topological polar surface area (TPSA) is 47.0 Å². The van der Waals surface area contributed by atoms with Crippen LogP contribution in [0, 0.1) is 0 Å². The molecule has 0 aliphatic carbocycles. The lowest BCUT2D eigenvalue weighted by atomic mass is 10.1. The highest BCUT2D eigenvalue weighted by Gasteiger charge is 2.23. The van der Waals surface area contributed by atoms with Crippen LogP contribution in [0.2, 0.25) is 4.34 Å². The van der Waals surface area contributed by atoms with Crippen molar-refractivity contribution in [3.63, 3.8) is 0 Å². The second-order valence-electron chi connectivity index (χ2n) is 3.35. The molecule has 0 aromatic carbocycles. The van der Waals surface area contributed by atoms with E-state index in [1.165, 1.54) is 11.5 Å². The average Bonchev–Trinajstić information content (AvgIpc) is 2.72. The molecule has 1 aliphatic heterocycles. The van der Waals surface area contributed by atoms with Crippen LogP contribution < -0.4 is 5.32 Å². The summed E-state index contributed by atoms with van der Waals surface area (Å²) in [5.74, 6) is 0. The van der Waals surface area contributed by atoms with Crippen molar-refractivity contribution in [2.45, 2.75) is 32.0 Å². The summed E-state index contributed by atoms with van der Waals surface area (Å²) in [5, 5.41) is 7.30. The standard InChI is InChI=1S/C8H12ClN3OS/c1-5-6(2-3-13-5)10-4-7-8(9)14-12-11-7/h5-6,10H,2-4H2,1H3/t5-,6-/m1/s1. The molecule has 1 aromatic heterocycles. The summed E-state index contributed by atoms with van der Waals surface area (Å²) < 4.78 is 9.88. The van der Waals surface area contributed by atoms with Gasteiger partial charge in [-0.05, 0) is 13.3 Å². The third-order valence-electron chi connectivity index (χ3n) is 2.42. The van der Waals surface area contributed by atoms with Gasteiger partial charge in [-0.1, -0.05) is 16.1 Å². The van der Waals surface area contributed by atoms with Crippen molar-refractivity contribution in [2.24, 2.45) is 0 Å². The maximum absolute atomic E-state index is 5.88. The second-order valence-corrected chi connectivity index (χ2v) is 4.70. The van der Waals surface area contributed by atoms with E-state index in [2.05, 4.69) is 21.8 Å². The summed E-state index contributed by atoms with van der Waals surface area (Å²) in [7, 11) is 0. The minimum Gasteiger partial charge on any atom is -0.377 e. The first-order chi connectivity index (χ1) is 6.77. The van der Waals surface area contributed by atoms with Crippen molar-refractivity contribution in [3.05, 3.63) is 10.0 Å². The fraction of sp³-hybridized carbons (Fsp3) is 0.750. The maximum Gasteiger partial charge on any atom is 0.138 e. The van der Waals surface area contributed by atoms with Gasteiger partial charge >= 0.3 is 0 Å². The molecular formula is C8H12ClN3OS. The van der Waals surface area contributed by atoms with Crippen molar-refractivity contribution in [3.8, 4) is 0 Å². The molecule has 0 bridgehead atoms. The van der Waals surface area contributed by atoms with Gasteiger partial charge in [0, 0.05) is 30.7 Å². The van der Waals surface area contributed by atoms with Gasteiger partial charge in [-0.25, -0.2) is 0 Å². The Kier molecular flexibility index (Phi) is 3.33. The highest BCUT2D eigenvalue weighted by atomic mass is 35.5. The van der Waals surface area contributed by atoms with Gasteiger partial charge in [0.25, 0.3) is 0 Å². The molecule has 2 atom stereocenters. The Balaban J connectivity index is 1.85. The Morgan fingerprint density at radius 1 is 1.71 bits per heavy atom. The molecule has 0 saturated carbocycles. The summed E-state index contributed by atoms with van der Waals surface area (Å²) in [4.78, 5) is 0. The summed E-state index contributed by atoms with van der Waals surface area (Å²) in [5.41, 5.74) is 0.829. The van der Waals surface area contributed by atoms with Crippen LogP contribution in [0.4, 0.5) is 0 Å². The zero-order chi connectivity index (χ0) is 9.97. The first kappa shape index (κ1) is 10.3. The van der Waals surface area contributed by atoms with E-state index in [1.54, 1.807) is 0 Å². The molecule has 0 radical (unpaired) electrons. The third-order valence-corrected chi connectivity index (χ3v) is 3.40. The quantitative estimate of drug-likeness (QED) is 0.859. The molecular weight excluding hydrogens is 222 g/mol. The first-order valence-electron chi connectivity index (χ1n) is 4.59. The molecule has 14 heavy (non-hydrogen) atoms. The molecule has 1 saturated heterocycles. The smallest absolute Gasteiger partial charge is 0.138 e. The predicted octanol–water partition coefficient (Wildman–Crippen LogP) is 1.46. The fourth-order valence-corrected chi connectivity index (χ4v) is 2.16. The highest BCUT2D eigenvalue weighted by molar-refractivity contribution is 7.10. The zero-order valence-corrected chi connectivity index (χ0v) is 9.44. The van der Waals surface area contributed by atoms with Crippen LogP contribution in [0.5, 0.6) is 0 Å². The molecule has 6 heteroatoms. The number of hydrogen-bond acceptors (Lipinski definition) is 5. The lowest BCUT2D eigenvalue weighted by molar-refractivity contribution is 0.113. The number of rotatable bonds is 3. The number of ether oxygens (including phenoxy) is 1. The van der Waals surface area contributed by atoms with Crippen molar-refractivity contribution in [2.75, 3.05) is 6.61 Å². The van der Waals surface area contributed by atoms with E-state index >= 15 is 0 Å². The Morgan fingerprint density at radius 3 is 3.14 bits per heavy atom. The third kappa shape index (κ3) is 2.23. The summed E-state index contributed by atoms with van der Waals surface area (Å²) in [6.07, 6.45) is 1.33. The zero-order valence-electron chi connectivity index (χ0n) is 7.86. The van der Waals surface area contributed by atoms with Crippen molar-refractivity contribution in [1.29, 1.82) is 0 Å². The molecule has 1 aromatic rings. The highest BCUT2D eigenvalue weighted by Crippen LogP contribution is 2.18. The van der Waals surface area contributed by atoms with Gasteiger partial charge in [0.15, 0.2) is 0 Å². The molecule has 1 N–H and O–H groups in total. The van der Waals surface area contributed by atoms with E-state index in [1.807, 2.05) is 0 Å². The van der Waals surface area contributed by atoms with Gasteiger partial charge in [-0.2, -0.15) is 0 Å². The number of aromatic nitrogens is 2. The Labute approximate surface area is 91.8 Å². The Morgan fingerprint density at radius 2 is 2.57 bits per heavy atom. The van der Waals surface area contributed by atoms with E-state index in [4.69, 9.17) is 16.3 Å². The van der Waals surface area contributed by atoms with Crippen molar-refractivity contribution < 1.29 is 4.74 Å². The molecule has 0 spiro atoms. The summed E-state index contributed by atoms with van der Waals surface area (Å²) in [6, 6.07) is 0.410. The first-order valence-corrected chi connectivity index (χ1v) is 5.74. The van der Waals surface area contributed by atoms with Gasteiger partial charge in [-0.15, -0.1) is 5.10 Å². The molecule has 1 aliphatic rings. The minimum atomic E-state index is 0.278. The number of nitrogens with zero attached hydrogens (tertiary/aromatic N) is 2. The van der Waals surface area contributed by atoms with E-state index in [0.717, 1.165) is 18.7 Å². The fourth-order valence-electron chi connectivity index (χ4n) is 1.53. The SMILES string of the molecule is C[C@H]1OCC[C@H]1NCc1nnsc1Cl. The predicted molar refractivity (Wildman–Crippen MR) is 55.6 cm³/mol. The second kappa shape index (κ2) is 4.53. The van der Waals surface area contributed by atoms with E-state index in [0.29, 0.717) is 16.9 Å². The van der Waals surface area contributed by atoms with Crippen LogP contribution in [0.1, 0.15) is 19.0 Å². The van der Waals surface area contributed by atoms with E-state index in [-0.39, 0.29) is 6.10 Å². The molecule has 4 nitrogen and oxygen atoms in total. The van der Waals surface area contributed by atoms with Gasteiger partial charge < -0.3 is 10.1 Å². The van der Waals surface area contributed by atoms with E-state index in [9.17, 15) is 0 Å². The van der Waals surface area contributed by atoms with Gasteiger partial charge in [0.05, 0.1) is 6.10 Å². The van der Waals surface area contributed by atoms with Crippen molar-refractivity contribution >= 4 is 23.1 Å². The normalized spacial score (nSPS) is 27.0. The van der Waals surface area contributed by atoms with Crippen molar-refractivity contribution in [1.82, 2.24) is 14.9 Å². The Bertz CT molecular complexity index is 307. The van der Waals surface area contributed by atoms with Crippen LogP contribution >= 0.6 is 23.1 Å². The van der Waals surface area contributed by atoms with Crippen LogP contribution in [0.15, 0.2) is 0 Å². The number of hydrogen-bond donors (Lipinski definition) is 1. The lowest BCUT2D eigenvalue weighted by Crippen LogP contribution is -2.34. The summed E-state index contributed by atoms with van der Waals surface area (Å²) in [6.45, 7) is 3.58. The molecule has 2 rings (SSSR count). The minimum absolute atomic E-state index is 0.278. The molecule has 0 unspecified atom stereocenters. The number of nitrogens with one attached hydrogen (secondary N) is 1. The largest absolute Gasteiger partial charge is 0.377 e. The monoisotopic (exact) mass is 233 g/mol. The maximum atomic E-state index is 5.88. The van der Waals surface area contributed by atoms with Crippen LogP contribution in [-0.2, 0) is 11.3 Å². The van der Waals surface area contributed by atoms with Crippen LogP contribution in [-0.4, -0.2) is 28.3 Å². The Hall–Kier alpha value is -0.230. The number of halogens is 1. The lowest BCUT2D eigenvalue weighted by Gasteiger charge is -2.14. The van der Waals surface area contributed by atoms with Crippen LogP contribution in [0.25, 0.3) is 0 Å². The van der Waals surface area contributed by atoms with Gasteiger partial charge in [-0.3, -0.25) is 0 Å². The van der Waals surface area contributed by atoms with Gasteiger partial charge in [0.1, 0.15) is 10.0 Å². The average molecular weight is 234 g/mol. The summed E-state index contributed by atoms with van der Waals surface area (Å²) >= 11 is 7.10. The molecule has 2 heterocycles. The molecule has 0 amide bonds. The van der Waals surface area contributed by atoms with E-state index < -0.39 is 0 Å². The van der Waals surface area contributed by atoms with Crippen LogP contribution in [0.3, 0.4) is 0 Å². The molecule has 1 fully saturated rings. The molecule has 78 valence electrons. The van der Waals surface area contributed by atoms with Gasteiger partial charge in [0.2, 0.25) is 0 Å².